The third kappa shape index (κ3) is 3.10. The van der Waals surface area contributed by atoms with Gasteiger partial charge >= 0.3 is 0 Å². The zero-order valence-corrected chi connectivity index (χ0v) is 16.7. The highest BCUT2D eigenvalue weighted by Crippen LogP contribution is 2.35. The summed E-state index contributed by atoms with van der Waals surface area (Å²) in [6.45, 7) is 4.13. The summed E-state index contributed by atoms with van der Waals surface area (Å²) >= 11 is 6.36. The third-order valence-corrected chi connectivity index (χ3v) is 5.32. The number of hydrogen-bond donors (Lipinski definition) is 0. The summed E-state index contributed by atoms with van der Waals surface area (Å²) in [5.74, 6) is 1.19. The second-order valence-corrected chi connectivity index (χ2v) is 6.94. The van der Waals surface area contributed by atoms with Crippen LogP contribution in [0.25, 0.3) is 5.69 Å². The van der Waals surface area contributed by atoms with Gasteiger partial charge in [-0.3, -0.25) is 4.79 Å². The summed E-state index contributed by atoms with van der Waals surface area (Å²) in [4.78, 5) is 14.6. The van der Waals surface area contributed by atoms with Crippen LogP contribution in [0.1, 0.15) is 28.7 Å². The van der Waals surface area contributed by atoms with Crippen LogP contribution in [0.2, 0.25) is 5.02 Å². The van der Waals surface area contributed by atoms with E-state index in [2.05, 4.69) is 5.10 Å². The van der Waals surface area contributed by atoms with Crippen LogP contribution >= 0.6 is 11.6 Å². The van der Waals surface area contributed by atoms with Crippen LogP contribution in [0.4, 0.5) is 5.69 Å². The van der Waals surface area contributed by atoms with Gasteiger partial charge in [-0.1, -0.05) is 24.6 Å². The smallest absolute Gasteiger partial charge is 0.258 e. The summed E-state index contributed by atoms with van der Waals surface area (Å²) in [6.07, 6.45) is 0.748. The fraction of sp³-hybridized carbons (Fsp3) is 0.238. The van der Waals surface area contributed by atoms with Crippen molar-refractivity contribution < 1.29 is 14.3 Å². The van der Waals surface area contributed by atoms with Crippen LogP contribution in [0, 0.1) is 6.92 Å². The summed E-state index contributed by atoms with van der Waals surface area (Å²) in [7, 11) is 1.73. The summed E-state index contributed by atoms with van der Waals surface area (Å²) in [5, 5.41) is 5.23. The number of nitrogens with zero attached hydrogens (tertiary/aromatic N) is 3. The van der Waals surface area contributed by atoms with Crippen LogP contribution in [-0.4, -0.2) is 29.5 Å². The van der Waals surface area contributed by atoms with Gasteiger partial charge in [0.2, 0.25) is 6.79 Å². The Bertz CT molecular complexity index is 1060. The van der Waals surface area contributed by atoms with Gasteiger partial charge in [0.05, 0.1) is 22.1 Å². The van der Waals surface area contributed by atoms with Crippen molar-refractivity contribution >= 4 is 23.2 Å². The van der Waals surface area contributed by atoms with Crippen molar-refractivity contribution in [1.82, 2.24) is 9.78 Å². The molecule has 0 unspecified atom stereocenters. The molecule has 0 atom stereocenters. The number of aryl methyl sites for hydroxylation is 1. The molecule has 0 saturated carbocycles. The van der Waals surface area contributed by atoms with Gasteiger partial charge in [0, 0.05) is 24.4 Å². The Morgan fingerprint density at radius 2 is 2.00 bits per heavy atom. The SMILES string of the molecule is CCc1nn(-c2cccc(C(=O)N(C)c3ccc4c(c3)OCO4)c2)c(C)c1Cl. The zero-order valence-electron chi connectivity index (χ0n) is 15.9. The average molecular weight is 398 g/mol. The van der Waals surface area contributed by atoms with E-state index in [1.54, 1.807) is 34.8 Å². The standard InChI is InChI=1S/C21H20ClN3O3/c1-4-17-20(22)13(2)25(23-17)16-7-5-6-14(10-16)21(26)24(3)15-8-9-18-19(11-15)28-12-27-18/h5-11H,4,12H2,1-3H3. The molecule has 0 fully saturated rings. The number of aromatic nitrogens is 2. The van der Waals surface area contributed by atoms with Crippen molar-refractivity contribution in [2.45, 2.75) is 20.3 Å². The van der Waals surface area contributed by atoms with Gasteiger partial charge in [0.1, 0.15) is 0 Å². The first kappa shape index (κ1) is 18.4. The van der Waals surface area contributed by atoms with Crippen molar-refractivity contribution in [3.8, 4) is 17.2 Å². The maximum atomic E-state index is 13.0. The van der Waals surface area contributed by atoms with Gasteiger partial charge in [-0.25, -0.2) is 4.68 Å². The molecule has 3 aromatic rings. The number of anilines is 1. The second kappa shape index (κ2) is 7.20. The van der Waals surface area contributed by atoms with Crippen LogP contribution in [0.5, 0.6) is 11.5 Å². The van der Waals surface area contributed by atoms with E-state index in [9.17, 15) is 4.79 Å². The largest absolute Gasteiger partial charge is 0.454 e. The van der Waals surface area contributed by atoms with E-state index < -0.39 is 0 Å². The normalized spacial score (nSPS) is 12.3. The van der Waals surface area contributed by atoms with Gasteiger partial charge in [0.15, 0.2) is 11.5 Å². The highest BCUT2D eigenvalue weighted by Gasteiger charge is 2.20. The van der Waals surface area contributed by atoms with Crippen LogP contribution in [0.3, 0.4) is 0 Å². The van der Waals surface area contributed by atoms with Crippen molar-refractivity contribution in [3.05, 3.63) is 64.4 Å². The number of benzene rings is 2. The first-order chi connectivity index (χ1) is 13.5. The number of rotatable bonds is 4. The summed E-state index contributed by atoms with van der Waals surface area (Å²) < 4.78 is 12.5. The van der Waals surface area contributed by atoms with E-state index >= 15 is 0 Å². The number of ether oxygens (including phenoxy) is 2. The molecule has 4 rings (SSSR count). The van der Waals surface area contributed by atoms with Gasteiger partial charge in [-0.2, -0.15) is 5.10 Å². The predicted octanol–water partition coefficient (Wildman–Crippen LogP) is 4.40. The molecule has 0 bridgehead atoms. The molecule has 28 heavy (non-hydrogen) atoms. The highest BCUT2D eigenvalue weighted by molar-refractivity contribution is 6.31. The maximum Gasteiger partial charge on any atom is 0.258 e. The topological polar surface area (TPSA) is 56.6 Å². The number of carbonyl (C=O) groups excluding carboxylic acids is 1. The molecule has 0 aliphatic carbocycles. The van der Waals surface area contributed by atoms with Gasteiger partial charge < -0.3 is 14.4 Å². The van der Waals surface area contributed by atoms with Crippen LogP contribution in [-0.2, 0) is 6.42 Å². The summed E-state index contributed by atoms with van der Waals surface area (Å²) in [6, 6.07) is 12.8. The zero-order chi connectivity index (χ0) is 19.8. The van der Waals surface area contributed by atoms with Gasteiger partial charge in [-0.15, -0.1) is 0 Å². The minimum atomic E-state index is -0.132. The Hall–Kier alpha value is -2.99. The number of halogens is 1. The molecule has 2 heterocycles. The molecule has 144 valence electrons. The molecular weight excluding hydrogens is 378 g/mol. The Morgan fingerprint density at radius 3 is 2.75 bits per heavy atom. The average Bonchev–Trinajstić information content (AvgIpc) is 3.31. The molecule has 1 aliphatic rings. The van der Waals surface area contributed by atoms with E-state index in [0.717, 1.165) is 29.2 Å². The quantitative estimate of drug-likeness (QED) is 0.654. The second-order valence-electron chi connectivity index (χ2n) is 6.56. The van der Waals surface area contributed by atoms with Gasteiger partial charge in [-0.05, 0) is 43.7 Å². The van der Waals surface area contributed by atoms with E-state index in [-0.39, 0.29) is 12.7 Å². The molecule has 0 radical (unpaired) electrons. The Morgan fingerprint density at radius 1 is 1.21 bits per heavy atom. The van der Waals surface area contributed by atoms with Gasteiger partial charge in [0.25, 0.3) is 5.91 Å². The van der Waals surface area contributed by atoms with Crippen molar-refractivity contribution in [2.75, 3.05) is 18.7 Å². The molecule has 0 N–H and O–H groups in total. The first-order valence-corrected chi connectivity index (χ1v) is 9.39. The summed E-state index contributed by atoms with van der Waals surface area (Å²) in [5.41, 5.74) is 3.78. The fourth-order valence-electron chi connectivity index (χ4n) is 3.19. The number of fused-ring (bicyclic) bond motifs is 1. The minimum absolute atomic E-state index is 0.132. The highest BCUT2D eigenvalue weighted by atomic mass is 35.5. The first-order valence-electron chi connectivity index (χ1n) is 9.01. The molecule has 2 aromatic carbocycles. The monoisotopic (exact) mass is 397 g/mol. The predicted molar refractivity (Wildman–Crippen MR) is 108 cm³/mol. The molecular formula is C21H20ClN3O3. The van der Waals surface area contributed by atoms with Crippen LogP contribution < -0.4 is 14.4 Å². The molecule has 6 nitrogen and oxygen atoms in total. The number of amides is 1. The Labute approximate surface area is 168 Å². The molecule has 1 aliphatic heterocycles. The lowest BCUT2D eigenvalue weighted by atomic mass is 10.1. The van der Waals surface area contributed by atoms with Crippen molar-refractivity contribution in [2.24, 2.45) is 0 Å². The Balaban J connectivity index is 1.65. The maximum absolute atomic E-state index is 13.0. The van der Waals surface area contributed by atoms with E-state index in [0.29, 0.717) is 22.1 Å². The van der Waals surface area contributed by atoms with E-state index in [1.807, 2.05) is 38.1 Å². The molecule has 0 saturated heterocycles. The lowest BCUT2D eigenvalue weighted by molar-refractivity contribution is 0.0993. The lowest BCUT2D eigenvalue weighted by Crippen LogP contribution is -2.26. The number of carbonyl (C=O) groups is 1. The third-order valence-electron chi connectivity index (χ3n) is 4.83. The Kier molecular flexibility index (Phi) is 4.73. The van der Waals surface area contributed by atoms with E-state index in [1.165, 1.54) is 0 Å². The van der Waals surface area contributed by atoms with Crippen molar-refractivity contribution in [1.29, 1.82) is 0 Å². The van der Waals surface area contributed by atoms with Crippen LogP contribution in [0.15, 0.2) is 42.5 Å². The minimum Gasteiger partial charge on any atom is -0.454 e. The molecule has 1 aromatic heterocycles. The fourth-order valence-corrected chi connectivity index (χ4v) is 3.45. The molecule has 7 heteroatoms. The lowest BCUT2D eigenvalue weighted by Gasteiger charge is -2.18. The number of hydrogen-bond acceptors (Lipinski definition) is 4. The molecule has 1 amide bonds. The molecule has 0 spiro atoms. The van der Waals surface area contributed by atoms with Crippen molar-refractivity contribution in [3.63, 3.8) is 0 Å². The van der Waals surface area contributed by atoms with E-state index in [4.69, 9.17) is 21.1 Å².